The number of H-pyrrole nitrogens is 1. The molecule has 4 aromatic heterocycles. The molecule has 0 amide bonds. The second kappa shape index (κ2) is 5.66. The van der Waals surface area contributed by atoms with E-state index in [4.69, 9.17) is 0 Å². The van der Waals surface area contributed by atoms with Crippen LogP contribution >= 0.6 is 0 Å². The Hall–Kier alpha value is -3.69. The van der Waals surface area contributed by atoms with E-state index >= 15 is 0 Å². The fourth-order valence-corrected chi connectivity index (χ4v) is 3.58. The molecule has 0 unspecified atom stereocenters. The van der Waals surface area contributed by atoms with Crippen LogP contribution in [-0.2, 0) is 13.2 Å². The van der Waals surface area contributed by atoms with Crippen LogP contribution in [0.1, 0.15) is 5.69 Å². The van der Waals surface area contributed by atoms with Gasteiger partial charge < -0.3 is 4.98 Å². The Balaban J connectivity index is 2.05. The van der Waals surface area contributed by atoms with Crippen molar-refractivity contribution in [1.29, 1.82) is 0 Å². The van der Waals surface area contributed by atoms with Gasteiger partial charge in [-0.1, -0.05) is 6.07 Å². The number of pyridine rings is 2. The zero-order chi connectivity index (χ0) is 20.5. The molecule has 0 aliphatic rings. The average Bonchev–Trinajstić information content (AvgIpc) is 3.28. The van der Waals surface area contributed by atoms with Crippen LogP contribution in [0.5, 0.6) is 0 Å². The van der Waals surface area contributed by atoms with Crippen molar-refractivity contribution >= 4 is 32.8 Å². The van der Waals surface area contributed by atoms with Crippen molar-refractivity contribution in [2.24, 2.45) is 7.05 Å². The second-order valence-corrected chi connectivity index (χ2v) is 6.61. The van der Waals surface area contributed by atoms with E-state index in [9.17, 15) is 22.4 Å². The summed E-state index contributed by atoms with van der Waals surface area (Å²) in [6, 6.07) is 7.45. The van der Waals surface area contributed by atoms with E-state index in [0.29, 0.717) is 16.6 Å². The Morgan fingerprint density at radius 2 is 1.90 bits per heavy atom. The summed E-state index contributed by atoms with van der Waals surface area (Å²) in [5, 5.41) is 5.01. The number of aromatic amines is 1. The van der Waals surface area contributed by atoms with Gasteiger partial charge in [-0.15, -0.1) is 0 Å². The molecular formula is C19H11F4N5O. The van der Waals surface area contributed by atoms with Crippen molar-refractivity contribution in [3.63, 3.8) is 0 Å². The van der Waals surface area contributed by atoms with Crippen molar-refractivity contribution in [1.82, 2.24) is 24.3 Å². The zero-order valence-corrected chi connectivity index (χ0v) is 14.8. The average molecular weight is 401 g/mol. The number of rotatable bonds is 1. The highest BCUT2D eigenvalue weighted by Crippen LogP contribution is 2.34. The van der Waals surface area contributed by atoms with Gasteiger partial charge in [0.25, 0.3) is 5.56 Å². The summed E-state index contributed by atoms with van der Waals surface area (Å²) in [6.45, 7) is 0. The number of fused-ring (bicyclic) bond motifs is 4. The second-order valence-electron chi connectivity index (χ2n) is 6.61. The van der Waals surface area contributed by atoms with Crippen molar-refractivity contribution in [2.75, 3.05) is 0 Å². The lowest BCUT2D eigenvalue weighted by Gasteiger charge is -2.14. The summed E-state index contributed by atoms with van der Waals surface area (Å²) in [5.41, 5.74) is -1.61. The van der Waals surface area contributed by atoms with Crippen molar-refractivity contribution < 1.29 is 17.6 Å². The molecule has 0 aliphatic carbocycles. The van der Waals surface area contributed by atoms with Crippen LogP contribution in [0.3, 0.4) is 0 Å². The van der Waals surface area contributed by atoms with E-state index < -0.39 is 23.2 Å². The molecule has 6 nitrogen and oxygen atoms in total. The van der Waals surface area contributed by atoms with Gasteiger partial charge in [0.2, 0.25) is 0 Å². The van der Waals surface area contributed by atoms with Crippen LogP contribution in [-0.4, -0.2) is 24.3 Å². The third-order valence-corrected chi connectivity index (χ3v) is 4.77. The van der Waals surface area contributed by atoms with Crippen LogP contribution < -0.4 is 5.56 Å². The SMILES string of the molecule is Cn1cc2c(n1)c(=O)n(-c1cccc3[nH]ccc13)c1nc(C(F)(F)F)c(F)cc21. The Morgan fingerprint density at radius 3 is 2.66 bits per heavy atom. The maximum absolute atomic E-state index is 14.3. The first kappa shape index (κ1) is 17.4. The fourth-order valence-electron chi connectivity index (χ4n) is 3.58. The standard InChI is InChI=1S/C19H11F4N5O/c1-27-8-11-10-7-12(20)16(19(21,22)23)25-17(10)28(18(29)15(11)26-27)14-4-2-3-13-9(14)5-6-24-13/h2-8,24H,1H3. The first-order valence-electron chi connectivity index (χ1n) is 8.48. The van der Waals surface area contributed by atoms with Crippen LogP contribution in [0.15, 0.2) is 47.5 Å². The molecule has 1 aromatic carbocycles. The van der Waals surface area contributed by atoms with Gasteiger partial charge in [0.15, 0.2) is 17.0 Å². The summed E-state index contributed by atoms with van der Waals surface area (Å²) in [5.74, 6) is -1.51. The Kier molecular flexibility index (Phi) is 3.40. The molecule has 0 spiro atoms. The molecule has 10 heteroatoms. The molecule has 5 aromatic rings. The minimum Gasteiger partial charge on any atom is -0.361 e. The summed E-state index contributed by atoms with van der Waals surface area (Å²) >= 11 is 0. The lowest BCUT2D eigenvalue weighted by atomic mass is 10.1. The molecule has 0 radical (unpaired) electrons. The number of halogens is 4. The quantitative estimate of drug-likeness (QED) is 0.433. The zero-order valence-electron chi connectivity index (χ0n) is 14.8. The number of nitrogens with zero attached hydrogens (tertiary/aromatic N) is 4. The van der Waals surface area contributed by atoms with Gasteiger partial charge in [0.1, 0.15) is 5.65 Å². The van der Waals surface area contributed by atoms with Crippen molar-refractivity contribution in [3.05, 3.63) is 64.6 Å². The molecule has 0 bridgehead atoms. The molecule has 1 N–H and O–H groups in total. The summed E-state index contributed by atoms with van der Waals surface area (Å²) in [6.07, 6.45) is -1.91. The highest BCUT2D eigenvalue weighted by Gasteiger charge is 2.37. The summed E-state index contributed by atoms with van der Waals surface area (Å²) < 4.78 is 56.7. The van der Waals surface area contributed by atoms with Crippen LogP contribution in [0, 0.1) is 5.82 Å². The Labute approximate surface area is 159 Å². The van der Waals surface area contributed by atoms with E-state index in [1.54, 1.807) is 37.5 Å². The third kappa shape index (κ3) is 2.45. The number of aryl methyl sites for hydroxylation is 1. The maximum atomic E-state index is 14.3. The molecule has 0 saturated heterocycles. The summed E-state index contributed by atoms with van der Waals surface area (Å²) in [7, 11) is 1.57. The number of hydrogen-bond donors (Lipinski definition) is 1. The Bertz CT molecular complexity index is 1490. The largest absolute Gasteiger partial charge is 0.436 e. The van der Waals surface area contributed by atoms with E-state index in [1.807, 2.05) is 0 Å². The molecule has 29 heavy (non-hydrogen) atoms. The predicted molar refractivity (Wildman–Crippen MR) is 98.4 cm³/mol. The minimum absolute atomic E-state index is 0.00787. The molecule has 0 fully saturated rings. The highest BCUT2D eigenvalue weighted by atomic mass is 19.4. The minimum atomic E-state index is -5.01. The predicted octanol–water partition coefficient (Wildman–Crippen LogP) is 3.91. The highest BCUT2D eigenvalue weighted by molar-refractivity contribution is 6.04. The van der Waals surface area contributed by atoms with Gasteiger partial charge in [0.05, 0.1) is 5.69 Å². The first-order chi connectivity index (χ1) is 13.8. The number of aromatic nitrogens is 5. The molecule has 0 atom stereocenters. The van der Waals surface area contributed by atoms with Gasteiger partial charge in [-0.05, 0) is 24.3 Å². The lowest BCUT2D eigenvalue weighted by molar-refractivity contribution is -0.143. The summed E-state index contributed by atoms with van der Waals surface area (Å²) in [4.78, 5) is 19.8. The molecule has 0 saturated carbocycles. The molecule has 146 valence electrons. The van der Waals surface area contributed by atoms with Gasteiger partial charge in [0, 0.05) is 41.1 Å². The molecule has 0 aliphatic heterocycles. The smallest absolute Gasteiger partial charge is 0.361 e. The van der Waals surface area contributed by atoms with Crippen molar-refractivity contribution in [2.45, 2.75) is 6.18 Å². The van der Waals surface area contributed by atoms with E-state index in [-0.39, 0.29) is 21.9 Å². The van der Waals surface area contributed by atoms with Gasteiger partial charge in [-0.25, -0.2) is 9.37 Å². The van der Waals surface area contributed by atoms with Crippen LogP contribution in [0.25, 0.3) is 38.5 Å². The Morgan fingerprint density at radius 1 is 1.10 bits per heavy atom. The van der Waals surface area contributed by atoms with Gasteiger partial charge in [-0.3, -0.25) is 14.0 Å². The van der Waals surface area contributed by atoms with Crippen LogP contribution in [0.2, 0.25) is 0 Å². The molecular weight excluding hydrogens is 390 g/mol. The number of benzene rings is 1. The van der Waals surface area contributed by atoms with E-state index in [0.717, 1.165) is 10.6 Å². The number of nitrogens with one attached hydrogen (secondary N) is 1. The fraction of sp³-hybridized carbons (Fsp3) is 0.105. The maximum Gasteiger partial charge on any atom is 0.436 e. The van der Waals surface area contributed by atoms with Gasteiger partial charge in [-0.2, -0.15) is 18.3 Å². The van der Waals surface area contributed by atoms with E-state index in [1.165, 1.54) is 10.9 Å². The third-order valence-electron chi connectivity index (χ3n) is 4.77. The van der Waals surface area contributed by atoms with Crippen molar-refractivity contribution in [3.8, 4) is 5.69 Å². The number of hydrogen-bond acceptors (Lipinski definition) is 3. The number of alkyl halides is 3. The van der Waals surface area contributed by atoms with Crippen LogP contribution in [0.4, 0.5) is 17.6 Å². The van der Waals surface area contributed by atoms with E-state index in [2.05, 4.69) is 15.1 Å². The van der Waals surface area contributed by atoms with Gasteiger partial charge >= 0.3 is 6.18 Å². The lowest BCUT2D eigenvalue weighted by Crippen LogP contribution is -2.22. The normalized spacial score (nSPS) is 12.4. The molecule has 4 heterocycles. The monoisotopic (exact) mass is 401 g/mol. The first-order valence-corrected chi connectivity index (χ1v) is 8.48. The topological polar surface area (TPSA) is 68.5 Å². The molecule has 5 rings (SSSR count).